The molecule has 0 aliphatic rings. The topological polar surface area (TPSA) is 71.5 Å². The fraction of sp³-hybridized carbons (Fsp3) is 0.538. The Labute approximate surface area is 126 Å². The summed E-state index contributed by atoms with van der Waals surface area (Å²) in [5.41, 5.74) is -1.13. The van der Waals surface area contributed by atoms with Crippen molar-refractivity contribution in [3.05, 3.63) is 22.8 Å². The summed E-state index contributed by atoms with van der Waals surface area (Å²) in [4.78, 5) is 15.4. The molecule has 0 saturated carbocycles. The molecule has 0 fully saturated rings. The van der Waals surface area contributed by atoms with E-state index < -0.39 is 23.7 Å². The van der Waals surface area contributed by atoms with E-state index in [2.05, 4.69) is 10.3 Å². The quantitative estimate of drug-likeness (QED) is 0.888. The van der Waals surface area contributed by atoms with Gasteiger partial charge in [-0.1, -0.05) is 11.6 Å². The van der Waals surface area contributed by atoms with Gasteiger partial charge in [-0.3, -0.25) is 5.32 Å². The second kappa shape index (κ2) is 6.11. The molecule has 0 bridgehead atoms. The van der Waals surface area contributed by atoms with Crippen molar-refractivity contribution in [3.63, 3.8) is 0 Å². The van der Waals surface area contributed by atoms with Crippen LogP contribution in [-0.4, -0.2) is 27.7 Å². The minimum absolute atomic E-state index is 0.134. The minimum Gasteiger partial charge on any atom is -0.444 e. The van der Waals surface area contributed by atoms with Crippen LogP contribution in [0.3, 0.4) is 0 Å². The molecule has 1 amide bonds. The van der Waals surface area contributed by atoms with E-state index in [1.165, 1.54) is 12.3 Å². The van der Waals surface area contributed by atoms with Crippen LogP contribution >= 0.6 is 11.6 Å². The average molecular weight is 323 g/mol. The second-order valence-corrected chi connectivity index (χ2v) is 5.95. The van der Waals surface area contributed by atoms with Crippen LogP contribution in [0, 0.1) is 0 Å². The van der Waals surface area contributed by atoms with Crippen LogP contribution in [0.25, 0.3) is 0 Å². The molecule has 0 saturated heterocycles. The Morgan fingerprint density at radius 2 is 2.00 bits per heavy atom. The monoisotopic (exact) mass is 322 g/mol. The van der Waals surface area contributed by atoms with Gasteiger partial charge in [0.15, 0.2) is 0 Å². The van der Waals surface area contributed by atoms with E-state index >= 15 is 0 Å². The number of ether oxygens (including phenoxy) is 1. The van der Waals surface area contributed by atoms with Gasteiger partial charge in [0, 0.05) is 18.7 Å². The van der Waals surface area contributed by atoms with Gasteiger partial charge in [0.1, 0.15) is 17.5 Å². The van der Waals surface area contributed by atoms with Crippen molar-refractivity contribution >= 4 is 23.5 Å². The van der Waals surface area contributed by atoms with Crippen molar-refractivity contribution in [2.75, 3.05) is 5.32 Å². The Balaban J connectivity index is 3.09. The van der Waals surface area contributed by atoms with Crippen molar-refractivity contribution < 1.29 is 23.4 Å². The molecule has 8 heteroatoms. The molecule has 1 aromatic rings. The third-order valence-corrected chi connectivity index (χ3v) is 2.64. The van der Waals surface area contributed by atoms with Gasteiger partial charge >= 0.3 is 6.09 Å². The first-order valence-corrected chi connectivity index (χ1v) is 6.50. The van der Waals surface area contributed by atoms with E-state index in [0.29, 0.717) is 6.92 Å². The Bertz CT molecular complexity index is 527. The lowest BCUT2D eigenvalue weighted by atomic mass is 10.1. The summed E-state index contributed by atoms with van der Waals surface area (Å²) in [5, 5.41) is 11.8. The van der Waals surface area contributed by atoms with Gasteiger partial charge in [0.05, 0.1) is 5.02 Å². The second-order valence-electron chi connectivity index (χ2n) is 5.54. The van der Waals surface area contributed by atoms with Gasteiger partial charge in [-0.15, -0.1) is 0 Å². The molecule has 0 aromatic carbocycles. The van der Waals surface area contributed by atoms with E-state index in [1.807, 2.05) is 0 Å². The summed E-state index contributed by atoms with van der Waals surface area (Å²) in [7, 11) is 0. The van der Waals surface area contributed by atoms with Crippen molar-refractivity contribution in [2.45, 2.75) is 45.3 Å². The lowest BCUT2D eigenvalue weighted by Gasteiger charge is -2.23. The number of carbonyl (C=O) groups excluding carboxylic acids is 1. The zero-order chi connectivity index (χ0) is 16.4. The molecule has 2 N–H and O–H groups in total. The number of nitrogens with zero attached hydrogens (tertiary/aromatic N) is 1. The predicted molar refractivity (Wildman–Crippen MR) is 74.7 cm³/mol. The van der Waals surface area contributed by atoms with Crippen LogP contribution in [0.1, 0.15) is 39.4 Å². The van der Waals surface area contributed by atoms with E-state index in [4.69, 9.17) is 16.3 Å². The number of pyridine rings is 1. The summed E-state index contributed by atoms with van der Waals surface area (Å²) in [6.45, 7) is 5.48. The molecule has 21 heavy (non-hydrogen) atoms. The van der Waals surface area contributed by atoms with Crippen LogP contribution in [0.4, 0.5) is 19.4 Å². The number of alkyl halides is 2. The molecule has 1 rings (SSSR count). The first-order chi connectivity index (χ1) is 9.42. The molecule has 1 heterocycles. The van der Waals surface area contributed by atoms with E-state index in [0.717, 1.165) is 0 Å². The van der Waals surface area contributed by atoms with Gasteiger partial charge < -0.3 is 9.84 Å². The summed E-state index contributed by atoms with van der Waals surface area (Å²) >= 11 is 5.82. The van der Waals surface area contributed by atoms with Gasteiger partial charge in [-0.05, 0) is 26.8 Å². The van der Waals surface area contributed by atoms with Crippen molar-refractivity contribution in [2.24, 2.45) is 0 Å². The normalized spacial score (nSPS) is 13.7. The van der Waals surface area contributed by atoms with Crippen LogP contribution in [0.15, 0.2) is 12.3 Å². The molecule has 118 valence electrons. The highest BCUT2D eigenvalue weighted by Crippen LogP contribution is 2.37. The molecule has 1 atom stereocenters. The number of aliphatic hydroxyl groups is 1. The number of carbonyl (C=O) groups is 1. The van der Waals surface area contributed by atoms with Crippen LogP contribution in [-0.2, 0) is 4.74 Å². The standard InChI is InChI=1S/C13H17ClF2N2O3/c1-12(2,3)21-11(20)18-10-8(7(14)5-6-17-10)9(19)13(4,15)16/h5-6,9,19H,1-4H3,(H,17,18,20). The zero-order valence-electron chi connectivity index (χ0n) is 12.1. The molecular weight excluding hydrogens is 306 g/mol. The number of hydrogen-bond acceptors (Lipinski definition) is 4. The largest absolute Gasteiger partial charge is 0.444 e. The highest BCUT2D eigenvalue weighted by atomic mass is 35.5. The fourth-order valence-electron chi connectivity index (χ4n) is 1.46. The minimum atomic E-state index is -3.45. The maximum Gasteiger partial charge on any atom is 0.413 e. The molecule has 0 aliphatic heterocycles. The zero-order valence-corrected chi connectivity index (χ0v) is 12.8. The molecule has 1 aromatic heterocycles. The first-order valence-electron chi connectivity index (χ1n) is 6.12. The van der Waals surface area contributed by atoms with Crippen LogP contribution in [0.2, 0.25) is 5.02 Å². The van der Waals surface area contributed by atoms with Gasteiger partial charge in [-0.2, -0.15) is 0 Å². The van der Waals surface area contributed by atoms with Crippen LogP contribution < -0.4 is 5.32 Å². The van der Waals surface area contributed by atoms with E-state index in [-0.39, 0.29) is 16.4 Å². The number of halogens is 3. The molecule has 0 aliphatic carbocycles. The maximum atomic E-state index is 13.3. The highest BCUT2D eigenvalue weighted by molar-refractivity contribution is 6.31. The molecule has 1 unspecified atom stereocenters. The van der Waals surface area contributed by atoms with Crippen LogP contribution in [0.5, 0.6) is 0 Å². The number of nitrogens with one attached hydrogen (secondary N) is 1. The Hall–Kier alpha value is -1.47. The lowest BCUT2D eigenvalue weighted by molar-refractivity contribution is -0.0951. The number of anilines is 1. The summed E-state index contributed by atoms with van der Waals surface area (Å²) in [6, 6.07) is 1.24. The predicted octanol–water partition coefficient (Wildman–Crippen LogP) is 3.77. The SMILES string of the molecule is CC(C)(C)OC(=O)Nc1nccc(Cl)c1C(O)C(C)(F)F. The molecule has 0 spiro atoms. The number of amides is 1. The van der Waals surface area contributed by atoms with E-state index in [9.17, 15) is 18.7 Å². The summed E-state index contributed by atoms with van der Waals surface area (Å²) in [6.07, 6.45) is -1.87. The summed E-state index contributed by atoms with van der Waals surface area (Å²) < 4.78 is 31.6. The number of hydrogen-bond donors (Lipinski definition) is 2. The Morgan fingerprint density at radius 3 is 2.48 bits per heavy atom. The molecular formula is C13H17ClF2N2O3. The number of aliphatic hydroxyl groups excluding tert-OH is 1. The lowest BCUT2D eigenvalue weighted by Crippen LogP contribution is -2.29. The molecule has 5 nitrogen and oxygen atoms in total. The smallest absolute Gasteiger partial charge is 0.413 e. The van der Waals surface area contributed by atoms with Crippen molar-refractivity contribution in [1.29, 1.82) is 0 Å². The Morgan fingerprint density at radius 1 is 1.43 bits per heavy atom. The average Bonchev–Trinajstić information content (AvgIpc) is 2.24. The number of aromatic nitrogens is 1. The van der Waals surface area contributed by atoms with Crippen molar-refractivity contribution in [1.82, 2.24) is 4.98 Å². The number of rotatable bonds is 3. The third kappa shape index (κ3) is 5.09. The maximum absolute atomic E-state index is 13.3. The van der Waals surface area contributed by atoms with Crippen molar-refractivity contribution in [3.8, 4) is 0 Å². The molecule has 0 radical (unpaired) electrons. The first kappa shape index (κ1) is 17.6. The van der Waals surface area contributed by atoms with Gasteiger partial charge in [0.2, 0.25) is 0 Å². The van der Waals surface area contributed by atoms with E-state index in [1.54, 1.807) is 20.8 Å². The Kier molecular flexibility index (Phi) is 5.11. The van der Waals surface area contributed by atoms with Gasteiger partial charge in [-0.25, -0.2) is 18.6 Å². The van der Waals surface area contributed by atoms with Gasteiger partial charge in [0.25, 0.3) is 5.92 Å². The highest BCUT2D eigenvalue weighted by Gasteiger charge is 2.37. The fourth-order valence-corrected chi connectivity index (χ4v) is 1.71. The third-order valence-electron chi connectivity index (χ3n) is 2.31. The summed E-state index contributed by atoms with van der Waals surface area (Å²) in [5.74, 6) is -3.72.